The van der Waals surface area contributed by atoms with Gasteiger partial charge in [0, 0.05) is 25.0 Å². The van der Waals surface area contributed by atoms with Crippen LogP contribution in [0.2, 0.25) is 0 Å². The maximum Gasteiger partial charge on any atom is 0.341 e. The van der Waals surface area contributed by atoms with E-state index in [1.165, 1.54) is 12.1 Å². The molecule has 0 fully saturated rings. The Labute approximate surface area is 192 Å². The number of rotatable bonds is 10. The Morgan fingerprint density at radius 2 is 1.76 bits per heavy atom. The van der Waals surface area contributed by atoms with Crippen molar-refractivity contribution in [2.24, 2.45) is 4.99 Å². The Hall–Kier alpha value is -3.71. The highest BCUT2D eigenvalue weighted by molar-refractivity contribution is 5.89. The monoisotopic (exact) mass is 451 g/mol. The van der Waals surface area contributed by atoms with Crippen LogP contribution in [-0.2, 0) is 9.53 Å². The highest BCUT2D eigenvalue weighted by atomic mass is 19.1. The summed E-state index contributed by atoms with van der Waals surface area (Å²) in [7, 11) is 1.61. The molecule has 0 saturated heterocycles. The first kappa shape index (κ1) is 23.9. The highest BCUT2D eigenvalue weighted by Crippen LogP contribution is 2.32. The third kappa shape index (κ3) is 6.40. The lowest BCUT2D eigenvalue weighted by Gasteiger charge is -2.15. The predicted octanol–water partition coefficient (Wildman–Crippen LogP) is 5.35. The lowest BCUT2D eigenvalue weighted by Crippen LogP contribution is -2.10. The summed E-state index contributed by atoms with van der Waals surface area (Å²) in [6, 6.07) is 16.2. The van der Waals surface area contributed by atoms with E-state index in [1.54, 1.807) is 19.4 Å². The summed E-state index contributed by atoms with van der Waals surface area (Å²) < 4.78 is 30.2. The zero-order valence-corrected chi connectivity index (χ0v) is 18.8. The van der Waals surface area contributed by atoms with E-state index in [-0.39, 0.29) is 5.75 Å². The van der Waals surface area contributed by atoms with Gasteiger partial charge in [0.05, 0.1) is 12.3 Å². The van der Waals surface area contributed by atoms with Crippen molar-refractivity contribution in [2.45, 2.75) is 13.8 Å². The molecule has 6 nitrogen and oxygen atoms in total. The van der Waals surface area contributed by atoms with Gasteiger partial charge in [-0.1, -0.05) is 24.3 Å². The van der Waals surface area contributed by atoms with Crippen molar-refractivity contribution >= 4 is 17.9 Å². The largest absolute Gasteiger partial charge is 0.490 e. The van der Waals surface area contributed by atoms with Gasteiger partial charge in [-0.15, -0.1) is 0 Å². The van der Waals surface area contributed by atoms with E-state index in [2.05, 4.69) is 24.0 Å². The van der Waals surface area contributed by atoms with Gasteiger partial charge in [-0.25, -0.2) is 9.18 Å². The minimum atomic E-state index is -1.18. The normalized spacial score (nSPS) is 11.0. The molecule has 0 aromatic heterocycles. The Balaban J connectivity index is 1.94. The van der Waals surface area contributed by atoms with Gasteiger partial charge in [0.1, 0.15) is 12.4 Å². The molecular weight excluding hydrogens is 425 g/mol. The molecular formula is C26H26FNO5. The average molecular weight is 451 g/mol. The van der Waals surface area contributed by atoms with Crippen molar-refractivity contribution in [1.29, 1.82) is 0 Å². The van der Waals surface area contributed by atoms with Crippen LogP contribution in [0.25, 0.3) is 11.1 Å². The number of benzene rings is 3. The third-order valence-corrected chi connectivity index (χ3v) is 4.96. The summed E-state index contributed by atoms with van der Waals surface area (Å²) in [5.74, 6) is -1.36. The number of carboxylic acids is 1. The van der Waals surface area contributed by atoms with Crippen LogP contribution in [0.15, 0.2) is 59.6 Å². The number of halogens is 1. The Morgan fingerprint density at radius 3 is 2.45 bits per heavy atom. The minimum absolute atomic E-state index is 0.142. The van der Waals surface area contributed by atoms with E-state index in [4.69, 9.17) is 19.3 Å². The van der Waals surface area contributed by atoms with Crippen LogP contribution in [0.1, 0.15) is 16.7 Å². The minimum Gasteiger partial charge on any atom is -0.490 e. The second kappa shape index (κ2) is 11.2. The number of ether oxygens (including phenoxy) is 3. The molecule has 0 aliphatic rings. The van der Waals surface area contributed by atoms with E-state index >= 15 is 0 Å². The van der Waals surface area contributed by atoms with Crippen LogP contribution in [0.5, 0.6) is 11.5 Å². The summed E-state index contributed by atoms with van der Waals surface area (Å²) in [4.78, 5) is 15.0. The van der Waals surface area contributed by atoms with Crippen LogP contribution in [0, 0.1) is 19.7 Å². The smallest absolute Gasteiger partial charge is 0.341 e. The zero-order valence-electron chi connectivity index (χ0n) is 18.8. The van der Waals surface area contributed by atoms with E-state index in [0.29, 0.717) is 24.7 Å². The lowest BCUT2D eigenvalue weighted by molar-refractivity contribution is -0.139. The predicted molar refractivity (Wildman–Crippen MR) is 126 cm³/mol. The molecule has 3 aromatic carbocycles. The standard InChI is InChI=1S/C26H26FNO5/c1-17-6-4-5-7-21(17)22-13-19(25(12-18(22)2)32-11-10-31-3)15-28-20-8-9-24(23(27)14-20)33-16-26(29)30/h4-9,12-15H,10-11,16H2,1-3H3,(H,29,30). The molecule has 0 spiro atoms. The Bertz CT molecular complexity index is 1160. The van der Waals surface area contributed by atoms with Crippen molar-refractivity contribution in [2.75, 3.05) is 26.9 Å². The SMILES string of the molecule is COCCOc1cc(C)c(-c2ccccc2C)cc1C=Nc1ccc(OCC(=O)O)c(F)c1. The molecule has 0 aliphatic heterocycles. The molecule has 0 atom stereocenters. The number of aliphatic imine (C=N–C) groups is 1. The number of carbonyl (C=O) groups is 1. The van der Waals surface area contributed by atoms with Crippen LogP contribution in [-0.4, -0.2) is 44.2 Å². The Morgan fingerprint density at radius 1 is 0.970 bits per heavy atom. The number of hydrogen-bond acceptors (Lipinski definition) is 5. The van der Waals surface area contributed by atoms with Crippen molar-refractivity contribution < 1.29 is 28.5 Å². The van der Waals surface area contributed by atoms with Crippen LogP contribution < -0.4 is 9.47 Å². The topological polar surface area (TPSA) is 77.3 Å². The van der Waals surface area contributed by atoms with Gasteiger partial charge in [-0.05, 0) is 60.4 Å². The fourth-order valence-corrected chi connectivity index (χ4v) is 3.29. The molecule has 7 heteroatoms. The number of carboxylic acid groups (broad SMARTS) is 1. The molecule has 0 aliphatic carbocycles. The van der Waals surface area contributed by atoms with Crippen molar-refractivity contribution in [3.8, 4) is 22.6 Å². The van der Waals surface area contributed by atoms with E-state index in [1.807, 2.05) is 31.2 Å². The fourth-order valence-electron chi connectivity index (χ4n) is 3.29. The second-order valence-corrected chi connectivity index (χ2v) is 7.42. The molecule has 0 bridgehead atoms. The van der Waals surface area contributed by atoms with Gasteiger partial charge in [0.15, 0.2) is 18.2 Å². The van der Waals surface area contributed by atoms with Crippen molar-refractivity contribution in [1.82, 2.24) is 0 Å². The number of hydrogen-bond donors (Lipinski definition) is 1. The maximum atomic E-state index is 14.3. The van der Waals surface area contributed by atoms with Gasteiger partial charge >= 0.3 is 5.97 Å². The number of aliphatic carboxylic acids is 1. The van der Waals surface area contributed by atoms with Crippen molar-refractivity contribution in [3.63, 3.8) is 0 Å². The zero-order chi connectivity index (χ0) is 23.8. The van der Waals surface area contributed by atoms with Gasteiger partial charge < -0.3 is 19.3 Å². The summed E-state index contributed by atoms with van der Waals surface area (Å²) in [5, 5.41) is 8.68. The molecule has 33 heavy (non-hydrogen) atoms. The number of nitrogens with zero attached hydrogens (tertiary/aromatic N) is 1. The molecule has 3 rings (SSSR count). The summed E-state index contributed by atoms with van der Waals surface area (Å²) in [6.45, 7) is 4.29. The molecule has 1 N–H and O–H groups in total. The van der Waals surface area contributed by atoms with E-state index < -0.39 is 18.4 Å². The van der Waals surface area contributed by atoms with Gasteiger partial charge in [0.25, 0.3) is 0 Å². The average Bonchev–Trinajstić information content (AvgIpc) is 2.78. The Kier molecular flexibility index (Phi) is 8.16. The third-order valence-electron chi connectivity index (χ3n) is 4.96. The highest BCUT2D eigenvalue weighted by Gasteiger charge is 2.12. The lowest BCUT2D eigenvalue weighted by atomic mass is 9.94. The van der Waals surface area contributed by atoms with Crippen LogP contribution in [0.4, 0.5) is 10.1 Å². The molecule has 0 unspecified atom stereocenters. The number of methoxy groups -OCH3 is 1. The molecule has 172 valence electrons. The van der Waals surface area contributed by atoms with Gasteiger partial charge in [0.2, 0.25) is 0 Å². The number of aryl methyl sites for hydroxylation is 2. The first-order valence-electron chi connectivity index (χ1n) is 10.4. The molecule has 0 saturated carbocycles. The summed E-state index contributed by atoms with van der Waals surface area (Å²) in [6.07, 6.45) is 1.62. The molecule has 0 radical (unpaired) electrons. The maximum absolute atomic E-state index is 14.3. The van der Waals surface area contributed by atoms with Gasteiger partial charge in [-0.3, -0.25) is 4.99 Å². The summed E-state index contributed by atoms with van der Waals surface area (Å²) >= 11 is 0. The van der Waals surface area contributed by atoms with Crippen LogP contribution >= 0.6 is 0 Å². The fraction of sp³-hybridized carbons (Fsp3) is 0.231. The van der Waals surface area contributed by atoms with Crippen LogP contribution in [0.3, 0.4) is 0 Å². The summed E-state index contributed by atoms with van der Waals surface area (Å²) in [5.41, 5.74) is 5.46. The van der Waals surface area contributed by atoms with E-state index in [9.17, 15) is 9.18 Å². The first-order chi connectivity index (χ1) is 15.9. The first-order valence-corrected chi connectivity index (χ1v) is 10.4. The molecule has 3 aromatic rings. The second-order valence-electron chi connectivity index (χ2n) is 7.42. The van der Waals surface area contributed by atoms with Gasteiger partial charge in [-0.2, -0.15) is 0 Å². The molecule has 0 heterocycles. The van der Waals surface area contributed by atoms with E-state index in [0.717, 1.165) is 27.8 Å². The molecule has 0 amide bonds. The van der Waals surface area contributed by atoms with Crippen molar-refractivity contribution in [3.05, 3.63) is 77.1 Å². The quantitative estimate of drug-likeness (QED) is 0.332.